The van der Waals surface area contributed by atoms with Gasteiger partial charge in [0.25, 0.3) is 0 Å². The first-order chi connectivity index (χ1) is 22.2. The normalized spacial score (nSPS) is 23.4. The molecule has 0 bridgehead atoms. The SMILES string of the molecule is CN(C)C(=O)NC1CCCN(c2nc(OC[C@@]34CCCN3C[C@H](F)C4)nc3c(F)c(-c4cc(O)cc5ccccc45)ncc23)CC1. The molecule has 5 heterocycles. The van der Waals surface area contributed by atoms with Gasteiger partial charge in [0.15, 0.2) is 5.82 Å². The summed E-state index contributed by atoms with van der Waals surface area (Å²) in [5.41, 5.74) is 0.164. The maximum Gasteiger partial charge on any atom is 0.319 e. The minimum Gasteiger partial charge on any atom is -0.508 e. The number of pyridine rings is 1. The molecule has 242 valence electrons. The molecular formula is C34H39F2N7O3. The Balaban J connectivity index is 1.28. The van der Waals surface area contributed by atoms with Gasteiger partial charge in [-0.2, -0.15) is 9.97 Å². The summed E-state index contributed by atoms with van der Waals surface area (Å²) in [6.45, 7) is 2.66. The number of ether oxygens (including phenoxy) is 1. The summed E-state index contributed by atoms with van der Waals surface area (Å²) < 4.78 is 37.4. The number of carbonyl (C=O) groups excluding carboxylic acids is 1. The lowest BCUT2D eigenvalue weighted by atomic mass is 9.95. The van der Waals surface area contributed by atoms with Crippen LogP contribution in [0.15, 0.2) is 42.6 Å². The number of amides is 2. The number of phenols is 1. The molecule has 3 atom stereocenters. The highest BCUT2D eigenvalue weighted by atomic mass is 19.1. The number of fused-ring (bicyclic) bond motifs is 3. The van der Waals surface area contributed by atoms with Crippen LogP contribution in [0.25, 0.3) is 32.9 Å². The van der Waals surface area contributed by atoms with E-state index < -0.39 is 17.5 Å². The Morgan fingerprint density at radius 3 is 2.83 bits per heavy atom. The molecule has 7 rings (SSSR count). The van der Waals surface area contributed by atoms with Gasteiger partial charge in [-0.1, -0.05) is 24.3 Å². The third kappa shape index (κ3) is 5.63. The van der Waals surface area contributed by atoms with Crippen molar-refractivity contribution < 1.29 is 23.4 Å². The molecule has 0 radical (unpaired) electrons. The van der Waals surface area contributed by atoms with Crippen molar-refractivity contribution in [2.45, 2.75) is 56.3 Å². The fourth-order valence-corrected chi connectivity index (χ4v) is 7.41. The van der Waals surface area contributed by atoms with E-state index in [2.05, 4.69) is 25.1 Å². The Bertz CT molecular complexity index is 1790. The topological polar surface area (TPSA) is 107 Å². The summed E-state index contributed by atoms with van der Waals surface area (Å²) >= 11 is 0. The molecule has 2 amide bonds. The number of hydrogen-bond acceptors (Lipinski definition) is 8. The number of alkyl halides is 1. The standard InChI is InChI=1S/C34H39F2N7O3/c1-41(2)33(45)38-23-8-5-12-42(14-10-23)31-27-18-37-29(26-16-24(44)15-21-7-3-4-9-25(21)26)28(36)30(27)39-32(40-31)46-20-34-11-6-13-43(34)19-22(35)17-34/h3-4,7,9,15-16,18,22-23,44H,5-6,8,10-14,17,19-20H2,1-2H3,(H,38,45)/t22-,23?,34+/m1/s1. The van der Waals surface area contributed by atoms with Crippen LogP contribution in [-0.2, 0) is 0 Å². The Morgan fingerprint density at radius 1 is 1.13 bits per heavy atom. The van der Waals surface area contributed by atoms with Gasteiger partial charge in [-0.25, -0.2) is 13.6 Å². The van der Waals surface area contributed by atoms with Gasteiger partial charge in [0.05, 0.1) is 10.9 Å². The number of hydrogen-bond donors (Lipinski definition) is 2. The molecule has 0 aliphatic carbocycles. The maximum atomic E-state index is 16.7. The van der Waals surface area contributed by atoms with E-state index >= 15 is 4.39 Å². The Labute approximate surface area is 266 Å². The van der Waals surface area contributed by atoms with Gasteiger partial charge in [0, 0.05) is 58.0 Å². The molecule has 3 saturated heterocycles. The third-order valence-corrected chi connectivity index (χ3v) is 9.74. The average molecular weight is 632 g/mol. The van der Waals surface area contributed by atoms with Gasteiger partial charge in [0.1, 0.15) is 35.6 Å². The molecule has 46 heavy (non-hydrogen) atoms. The van der Waals surface area contributed by atoms with E-state index in [4.69, 9.17) is 9.72 Å². The molecule has 0 spiro atoms. The molecule has 1 unspecified atom stereocenters. The van der Waals surface area contributed by atoms with Crippen LogP contribution in [0.2, 0.25) is 0 Å². The zero-order valence-electron chi connectivity index (χ0n) is 26.2. The zero-order valence-corrected chi connectivity index (χ0v) is 26.2. The lowest BCUT2D eigenvalue weighted by molar-refractivity contribution is 0.107. The van der Waals surface area contributed by atoms with Crippen molar-refractivity contribution in [3.8, 4) is 23.0 Å². The van der Waals surface area contributed by atoms with Crippen molar-refractivity contribution in [1.82, 2.24) is 30.1 Å². The molecule has 3 aliphatic rings. The molecule has 0 saturated carbocycles. The number of nitrogens with one attached hydrogen (secondary N) is 1. The Kier molecular flexibility index (Phi) is 8.00. The van der Waals surface area contributed by atoms with Crippen molar-refractivity contribution in [3.05, 3.63) is 48.4 Å². The number of urea groups is 1. The van der Waals surface area contributed by atoms with Gasteiger partial charge in [-0.05, 0) is 61.6 Å². The Morgan fingerprint density at radius 2 is 1.98 bits per heavy atom. The zero-order chi connectivity index (χ0) is 32.0. The van der Waals surface area contributed by atoms with Gasteiger partial charge >= 0.3 is 12.0 Å². The van der Waals surface area contributed by atoms with Crippen LogP contribution in [0.4, 0.5) is 19.4 Å². The lowest BCUT2D eigenvalue weighted by Gasteiger charge is -2.31. The minimum absolute atomic E-state index is 0.00554. The summed E-state index contributed by atoms with van der Waals surface area (Å²) in [5.74, 6) is -0.127. The van der Waals surface area contributed by atoms with Crippen LogP contribution in [0, 0.1) is 5.82 Å². The first-order valence-corrected chi connectivity index (χ1v) is 16.0. The van der Waals surface area contributed by atoms with E-state index in [-0.39, 0.29) is 41.7 Å². The second kappa shape index (κ2) is 12.1. The van der Waals surface area contributed by atoms with Crippen molar-refractivity contribution in [2.24, 2.45) is 0 Å². The number of carbonyl (C=O) groups is 1. The summed E-state index contributed by atoms with van der Waals surface area (Å²) in [7, 11) is 3.43. The second-order valence-electron chi connectivity index (χ2n) is 13.1. The molecule has 10 nitrogen and oxygen atoms in total. The minimum atomic E-state index is -0.904. The molecule has 2 aromatic carbocycles. The van der Waals surface area contributed by atoms with Gasteiger partial charge in [-0.3, -0.25) is 9.88 Å². The van der Waals surface area contributed by atoms with E-state index in [9.17, 15) is 14.3 Å². The molecule has 2 aromatic heterocycles. The van der Waals surface area contributed by atoms with E-state index in [0.29, 0.717) is 49.2 Å². The number of rotatable bonds is 6. The smallest absolute Gasteiger partial charge is 0.319 e. The van der Waals surface area contributed by atoms with Gasteiger partial charge in [0.2, 0.25) is 0 Å². The molecule has 12 heteroatoms. The summed E-state index contributed by atoms with van der Waals surface area (Å²) in [6.07, 6.45) is 5.15. The molecule has 3 fully saturated rings. The predicted octanol–water partition coefficient (Wildman–Crippen LogP) is 5.28. The number of halogens is 2. The highest BCUT2D eigenvalue weighted by Gasteiger charge is 2.49. The van der Waals surface area contributed by atoms with Crippen LogP contribution in [-0.4, -0.2) is 101 Å². The number of nitrogens with zero attached hydrogens (tertiary/aromatic N) is 6. The molecular weight excluding hydrogens is 592 g/mol. The second-order valence-corrected chi connectivity index (χ2v) is 13.1. The van der Waals surface area contributed by atoms with Crippen molar-refractivity contribution in [2.75, 3.05) is 51.8 Å². The van der Waals surface area contributed by atoms with E-state index in [1.165, 1.54) is 11.0 Å². The van der Waals surface area contributed by atoms with E-state index in [0.717, 1.165) is 43.0 Å². The van der Waals surface area contributed by atoms with Gasteiger partial charge in [-0.15, -0.1) is 0 Å². The fourth-order valence-electron chi connectivity index (χ4n) is 7.41. The van der Waals surface area contributed by atoms with Crippen molar-refractivity contribution >= 4 is 33.5 Å². The maximum absolute atomic E-state index is 16.7. The van der Waals surface area contributed by atoms with Crippen LogP contribution in [0.1, 0.15) is 38.5 Å². The fraction of sp³-hybridized carbons (Fsp3) is 0.471. The third-order valence-electron chi connectivity index (χ3n) is 9.74. The average Bonchev–Trinajstić information content (AvgIpc) is 3.46. The number of phenolic OH excluding ortho intramolecular Hbond substituents is 1. The van der Waals surface area contributed by atoms with Crippen molar-refractivity contribution in [1.29, 1.82) is 0 Å². The van der Waals surface area contributed by atoms with Crippen LogP contribution < -0.4 is 15.0 Å². The van der Waals surface area contributed by atoms with Crippen LogP contribution in [0.5, 0.6) is 11.8 Å². The van der Waals surface area contributed by atoms with Gasteiger partial charge < -0.3 is 25.0 Å². The number of aromatic nitrogens is 3. The molecule has 4 aromatic rings. The number of anilines is 1. The predicted molar refractivity (Wildman–Crippen MR) is 173 cm³/mol. The monoisotopic (exact) mass is 631 g/mol. The van der Waals surface area contributed by atoms with E-state index in [1.807, 2.05) is 24.3 Å². The number of aromatic hydroxyl groups is 1. The summed E-state index contributed by atoms with van der Waals surface area (Å²) in [6, 6.07) is 10.5. The van der Waals surface area contributed by atoms with E-state index in [1.54, 1.807) is 26.4 Å². The lowest BCUT2D eigenvalue weighted by Crippen LogP contribution is -2.43. The summed E-state index contributed by atoms with van der Waals surface area (Å²) in [5, 5.41) is 15.5. The Hall–Kier alpha value is -4.32. The first-order valence-electron chi connectivity index (χ1n) is 16.0. The molecule has 2 N–H and O–H groups in total. The summed E-state index contributed by atoms with van der Waals surface area (Å²) in [4.78, 5) is 32.1. The highest BCUT2D eigenvalue weighted by molar-refractivity contribution is 5.99. The van der Waals surface area contributed by atoms with Crippen LogP contribution in [0.3, 0.4) is 0 Å². The largest absolute Gasteiger partial charge is 0.508 e. The first kappa shape index (κ1) is 30.3. The number of benzene rings is 2. The highest BCUT2D eigenvalue weighted by Crippen LogP contribution is 2.41. The molecule has 3 aliphatic heterocycles. The van der Waals surface area contributed by atoms with Crippen molar-refractivity contribution in [3.63, 3.8) is 0 Å². The van der Waals surface area contributed by atoms with Crippen LogP contribution >= 0.6 is 0 Å². The quantitative estimate of drug-likeness (QED) is 0.296.